The van der Waals surface area contributed by atoms with E-state index in [-0.39, 0.29) is 5.75 Å². The van der Waals surface area contributed by atoms with Crippen molar-refractivity contribution in [2.24, 2.45) is 5.73 Å². The Hall–Kier alpha value is -1.53. The molecule has 0 fully saturated rings. The van der Waals surface area contributed by atoms with Crippen LogP contribution in [0.15, 0.2) is 18.2 Å². The number of aryl methyl sites for hydroxylation is 1. The summed E-state index contributed by atoms with van der Waals surface area (Å²) >= 11 is 0. The molecule has 0 aliphatic rings. The van der Waals surface area contributed by atoms with Gasteiger partial charge in [0.2, 0.25) is 0 Å². The zero-order chi connectivity index (χ0) is 9.14. The van der Waals surface area contributed by atoms with E-state index in [2.05, 4.69) is 0 Å². The molecule has 1 atom stereocenters. The Balaban J connectivity index is 3.06. The van der Waals surface area contributed by atoms with Gasteiger partial charge in [-0.2, -0.15) is 5.26 Å². The number of nitrogens with zero attached hydrogens (tertiary/aromatic N) is 1. The van der Waals surface area contributed by atoms with Crippen molar-refractivity contribution < 1.29 is 5.11 Å². The number of hydrogen-bond donors (Lipinski definition) is 2. The number of nitriles is 1. The average molecular weight is 162 g/mol. The van der Waals surface area contributed by atoms with Crippen LogP contribution in [-0.2, 0) is 0 Å². The molecular formula is C9H10N2O. The second-order valence-corrected chi connectivity index (χ2v) is 2.65. The number of nitrogens with two attached hydrogens (primary N) is 1. The summed E-state index contributed by atoms with van der Waals surface area (Å²) in [4.78, 5) is 0. The molecule has 3 heteroatoms. The fourth-order valence-corrected chi connectivity index (χ4v) is 0.947. The molecule has 62 valence electrons. The molecule has 0 bridgehead atoms. The van der Waals surface area contributed by atoms with Crippen LogP contribution in [0, 0.1) is 18.3 Å². The molecule has 0 aliphatic heterocycles. The van der Waals surface area contributed by atoms with Crippen molar-refractivity contribution in [1.82, 2.24) is 0 Å². The third kappa shape index (κ3) is 1.55. The molecule has 0 radical (unpaired) electrons. The molecule has 3 nitrogen and oxygen atoms in total. The van der Waals surface area contributed by atoms with Gasteiger partial charge < -0.3 is 10.8 Å². The van der Waals surface area contributed by atoms with E-state index in [0.717, 1.165) is 11.1 Å². The number of phenolic OH excluding ortho intramolecular Hbond substituents is 1. The fraction of sp³-hybridized carbons (Fsp3) is 0.222. The predicted molar refractivity (Wildman–Crippen MR) is 45.4 cm³/mol. The highest BCUT2D eigenvalue weighted by Gasteiger charge is 2.04. The van der Waals surface area contributed by atoms with Crippen LogP contribution in [0.4, 0.5) is 0 Å². The molecule has 0 amide bonds. The lowest BCUT2D eigenvalue weighted by Gasteiger charge is -2.04. The van der Waals surface area contributed by atoms with Crippen LogP contribution in [0.5, 0.6) is 5.75 Å². The Morgan fingerprint density at radius 3 is 2.75 bits per heavy atom. The molecule has 0 spiro atoms. The van der Waals surface area contributed by atoms with Crippen LogP contribution in [0.2, 0.25) is 0 Å². The highest BCUT2D eigenvalue weighted by Crippen LogP contribution is 2.19. The predicted octanol–water partition coefficient (Wildman–Crippen LogP) is 1.22. The van der Waals surface area contributed by atoms with E-state index < -0.39 is 6.04 Å². The number of aromatic hydroxyl groups is 1. The standard InChI is InChI=1S/C9H10N2O/c1-6-4-7(8(11)5-10)2-3-9(6)12/h2-4,8,12H,11H2,1H3/t8-/m0/s1. The van der Waals surface area contributed by atoms with Gasteiger partial charge in [-0.1, -0.05) is 6.07 Å². The van der Waals surface area contributed by atoms with E-state index in [9.17, 15) is 5.11 Å². The van der Waals surface area contributed by atoms with Crippen LogP contribution < -0.4 is 5.73 Å². The lowest BCUT2D eigenvalue weighted by atomic mass is 10.1. The molecule has 1 aromatic rings. The van der Waals surface area contributed by atoms with Gasteiger partial charge in [-0.3, -0.25) is 0 Å². The van der Waals surface area contributed by atoms with Gasteiger partial charge in [-0.15, -0.1) is 0 Å². The first-order chi connectivity index (χ1) is 5.65. The monoisotopic (exact) mass is 162 g/mol. The first kappa shape index (κ1) is 8.57. The van der Waals surface area contributed by atoms with Gasteiger partial charge in [0.15, 0.2) is 0 Å². The number of hydrogen-bond acceptors (Lipinski definition) is 3. The zero-order valence-corrected chi connectivity index (χ0v) is 6.78. The number of benzene rings is 1. The Kier molecular flexibility index (Phi) is 2.32. The maximum atomic E-state index is 9.17. The second kappa shape index (κ2) is 3.24. The summed E-state index contributed by atoms with van der Waals surface area (Å²) < 4.78 is 0. The summed E-state index contributed by atoms with van der Waals surface area (Å²) in [5.74, 6) is 0.226. The van der Waals surface area contributed by atoms with E-state index in [0.29, 0.717) is 0 Å². The maximum Gasteiger partial charge on any atom is 0.118 e. The average Bonchev–Trinajstić information content (AvgIpc) is 2.08. The van der Waals surface area contributed by atoms with Gasteiger partial charge in [-0.25, -0.2) is 0 Å². The van der Waals surface area contributed by atoms with Crippen molar-refractivity contribution in [3.05, 3.63) is 29.3 Å². The molecule has 0 saturated carbocycles. The normalized spacial score (nSPS) is 12.1. The summed E-state index contributed by atoms with van der Waals surface area (Å²) in [6, 6.07) is 6.22. The summed E-state index contributed by atoms with van der Waals surface area (Å²) in [5, 5.41) is 17.7. The van der Waals surface area contributed by atoms with Gasteiger partial charge in [-0.05, 0) is 30.2 Å². The summed E-state index contributed by atoms with van der Waals surface area (Å²) in [5.41, 5.74) is 6.93. The topological polar surface area (TPSA) is 70.0 Å². The lowest BCUT2D eigenvalue weighted by Crippen LogP contribution is -2.06. The minimum Gasteiger partial charge on any atom is -0.508 e. The van der Waals surface area contributed by atoms with Crippen molar-refractivity contribution in [1.29, 1.82) is 5.26 Å². The summed E-state index contributed by atoms with van der Waals surface area (Å²) in [6.07, 6.45) is 0. The first-order valence-electron chi connectivity index (χ1n) is 3.60. The minimum atomic E-state index is -0.607. The molecule has 12 heavy (non-hydrogen) atoms. The molecule has 3 N–H and O–H groups in total. The Bertz CT molecular complexity index is 328. The third-order valence-electron chi connectivity index (χ3n) is 1.72. The summed E-state index contributed by atoms with van der Waals surface area (Å²) in [6.45, 7) is 1.77. The third-order valence-corrected chi connectivity index (χ3v) is 1.72. The van der Waals surface area contributed by atoms with Crippen molar-refractivity contribution in [2.75, 3.05) is 0 Å². The maximum absolute atomic E-state index is 9.17. The highest BCUT2D eigenvalue weighted by atomic mass is 16.3. The van der Waals surface area contributed by atoms with Crippen molar-refractivity contribution in [3.63, 3.8) is 0 Å². The molecule has 0 heterocycles. The fourth-order valence-electron chi connectivity index (χ4n) is 0.947. The van der Waals surface area contributed by atoms with Gasteiger partial charge in [0.1, 0.15) is 11.8 Å². The van der Waals surface area contributed by atoms with Crippen molar-refractivity contribution in [3.8, 4) is 11.8 Å². The molecule has 0 aromatic heterocycles. The largest absolute Gasteiger partial charge is 0.508 e. The first-order valence-corrected chi connectivity index (χ1v) is 3.60. The highest BCUT2D eigenvalue weighted by molar-refractivity contribution is 5.37. The Morgan fingerprint density at radius 2 is 2.25 bits per heavy atom. The van der Waals surface area contributed by atoms with Crippen LogP contribution in [0.3, 0.4) is 0 Å². The van der Waals surface area contributed by atoms with Gasteiger partial charge in [0.25, 0.3) is 0 Å². The van der Waals surface area contributed by atoms with Crippen LogP contribution in [0.25, 0.3) is 0 Å². The SMILES string of the molecule is Cc1cc([C@@H](N)C#N)ccc1O. The zero-order valence-electron chi connectivity index (χ0n) is 6.78. The molecule has 0 saturated heterocycles. The lowest BCUT2D eigenvalue weighted by molar-refractivity contribution is 0.471. The van der Waals surface area contributed by atoms with Gasteiger partial charge in [0.05, 0.1) is 6.07 Å². The van der Waals surface area contributed by atoms with Gasteiger partial charge in [0, 0.05) is 0 Å². The molecular weight excluding hydrogens is 152 g/mol. The van der Waals surface area contributed by atoms with Crippen molar-refractivity contribution >= 4 is 0 Å². The molecule has 1 aromatic carbocycles. The smallest absolute Gasteiger partial charge is 0.118 e. The van der Waals surface area contributed by atoms with E-state index in [1.165, 1.54) is 0 Å². The van der Waals surface area contributed by atoms with Crippen LogP contribution >= 0.6 is 0 Å². The second-order valence-electron chi connectivity index (χ2n) is 2.65. The summed E-state index contributed by atoms with van der Waals surface area (Å²) in [7, 11) is 0. The van der Waals surface area contributed by atoms with Crippen molar-refractivity contribution in [2.45, 2.75) is 13.0 Å². The Morgan fingerprint density at radius 1 is 1.58 bits per heavy atom. The van der Waals surface area contributed by atoms with E-state index in [4.69, 9.17) is 11.0 Å². The minimum absolute atomic E-state index is 0.226. The number of phenols is 1. The van der Waals surface area contributed by atoms with E-state index in [1.54, 1.807) is 25.1 Å². The van der Waals surface area contributed by atoms with Crippen LogP contribution in [-0.4, -0.2) is 5.11 Å². The number of rotatable bonds is 1. The quantitative estimate of drug-likeness (QED) is 0.652. The van der Waals surface area contributed by atoms with Gasteiger partial charge >= 0.3 is 0 Å². The van der Waals surface area contributed by atoms with Crippen LogP contribution in [0.1, 0.15) is 17.2 Å². The molecule has 0 aliphatic carbocycles. The van der Waals surface area contributed by atoms with E-state index in [1.807, 2.05) is 6.07 Å². The molecule has 0 unspecified atom stereocenters. The molecule has 1 rings (SSSR count). The van der Waals surface area contributed by atoms with E-state index >= 15 is 0 Å². The Labute approximate surface area is 71.1 Å².